The Morgan fingerprint density at radius 3 is 2.52 bits per heavy atom. The van der Waals surface area contributed by atoms with Crippen molar-refractivity contribution in [2.24, 2.45) is 0 Å². The lowest BCUT2D eigenvalue weighted by Gasteiger charge is -2.51. The van der Waals surface area contributed by atoms with Crippen molar-refractivity contribution < 1.29 is 19.8 Å². The Balaban J connectivity index is 1.89. The van der Waals surface area contributed by atoms with E-state index in [0.717, 1.165) is 5.56 Å². The zero-order valence-electron chi connectivity index (χ0n) is 12.9. The number of hydrogen-bond donors (Lipinski definition) is 3. The third kappa shape index (κ3) is 2.91. The number of nitrogens with one attached hydrogen (secondary N) is 1. The van der Waals surface area contributed by atoms with Gasteiger partial charge in [-0.1, -0.05) is 30.3 Å². The molecule has 3 rings (SSSR count). The summed E-state index contributed by atoms with van der Waals surface area (Å²) in [7, 11) is 0. The fourth-order valence-corrected chi connectivity index (χ4v) is 3.86. The van der Waals surface area contributed by atoms with Crippen molar-refractivity contribution >= 4 is 12.0 Å². The number of rotatable bonds is 2. The van der Waals surface area contributed by atoms with Gasteiger partial charge in [0.25, 0.3) is 0 Å². The summed E-state index contributed by atoms with van der Waals surface area (Å²) in [5.74, 6) is -0.226. The fourth-order valence-electron chi connectivity index (χ4n) is 3.86. The summed E-state index contributed by atoms with van der Waals surface area (Å²) < 4.78 is 0. The predicted octanol–water partition coefficient (Wildman–Crippen LogP) is 1.38. The number of hydrogen-bond acceptors (Lipinski definition) is 3. The Morgan fingerprint density at radius 2 is 1.91 bits per heavy atom. The lowest BCUT2D eigenvalue weighted by atomic mass is 9.76. The zero-order valence-corrected chi connectivity index (χ0v) is 12.9. The highest BCUT2D eigenvalue weighted by molar-refractivity contribution is 5.91. The van der Waals surface area contributed by atoms with Crippen LogP contribution in [0, 0.1) is 0 Å². The molecule has 1 saturated carbocycles. The molecule has 124 valence electrons. The average molecular weight is 318 g/mol. The summed E-state index contributed by atoms with van der Waals surface area (Å²) in [6.07, 6.45) is 0.716. The van der Waals surface area contributed by atoms with Gasteiger partial charge >= 0.3 is 6.09 Å². The van der Waals surface area contributed by atoms with Gasteiger partial charge in [-0.25, -0.2) is 4.79 Å². The number of aliphatic hydroxyl groups is 1. The average Bonchev–Trinajstić information content (AvgIpc) is 2.54. The molecule has 0 aromatic heterocycles. The summed E-state index contributed by atoms with van der Waals surface area (Å²) >= 11 is 0. The number of piperazine rings is 1. The Hall–Kier alpha value is -2.08. The van der Waals surface area contributed by atoms with E-state index >= 15 is 0 Å². The summed E-state index contributed by atoms with van der Waals surface area (Å²) in [6.45, 7) is 0.324. The molecule has 1 aliphatic heterocycles. The topological polar surface area (TPSA) is 89.9 Å². The van der Waals surface area contributed by atoms with Gasteiger partial charge in [0.05, 0.1) is 12.1 Å². The number of nitrogens with zero attached hydrogens (tertiary/aromatic N) is 1. The first kappa shape index (κ1) is 15.8. The molecule has 6 heteroatoms. The molecule has 1 aromatic carbocycles. The first-order valence-corrected chi connectivity index (χ1v) is 8.05. The summed E-state index contributed by atoms with van der Waals surface area (Å²) in [5.41, 5.74) is 0.00820. The van der Waals surface area contributed by atoms with E-state index in [2.05, 4.69) is 5.32 Å². The molecule has 0 radical (unpaired) electrons. The van der Waals surface area contributed by atoms with Crippen LogP contribution in [-0.4, -0.2) is 51.3 Å². The molecule has 1 unspecified atom stereocenters. The van der Waals surface area contributed by atoms with Crippen molar-refractivity contribution in [3.8, 4) is 0 Å². The van der Waals surface area contributed by atoms with Crippen molar-refractivity contribution in [1.29, 1.82) is 0 Å². The second-order valence-electron chi connectivity index (χ2n) is 6.47. The minimum absolute atomic E-state index is 0.226. The molecule has 2 aliphatic rings. The summed E-state index contributed by atoms with van der Waals surface area (Å²) in [4.78, 5) is 25.8. The lowest BCUT2D eigenvalue weighted by Crippen LogP contribution is -2.71. The first-order valence-electron chi connectivity index (χ1n) is 8.05. The van der Waals surface area contributed by atoms with E-state index in [1.54, 1.807) is 0 Å². The van der Waals surface area contributed by atoms with Gasteiger partial charge in [-0.15, -0.1) is 0 Å². The molecule has 1 aromatic rings. The van der Waals surface area contributed by atoms with E-state index in [9.17, 15) is 19.8 Å². The van der Waals surface area contributed by atoms with Crippen molar-refractivity contribution in [2.75, 3.05) is 6.54 Å². The Morgan fingerprint density at radius 1 is 1.26 bits per heavy atom. The van der Waals surface area contributed by atoms with Gasteiger partial charge in [0.15, 0.2) is 0 Å². The van der Waals surface area contributed by atoms with Crippen molar-refractivity contribution in [2.45, 2.75) is 49.8 Å². The minimum atomic E-state index is -1.06. The molecule has 1 aliphatic carbocycles. The summed E-state index contributed by atoms with van der Waals surface area (Å²) in [6, 6.07) is 9.42. The summed E-state index contributed by atoms with van der Waals surface area (Å²) in [5, 5.41) is 22.4. The van der Waals surface area contributed by atoms with Crippen molar-refractivity contribution in [1.82, 2.24) is 10.2 Å². The fraction of sp³-hybridized carbons (Fsp3) is 0.529. The highest BCUT2D eigenvalue weighted by atomic mass is 16.4. The van der Waals surface area contributed by atoms with Crippen LogP contribution in [0.1, 0.15) is 31.2 Å². The highest BCUT2D eigenvalue weighted by Crippen LogP contribution is 2.38. The van der Waals surface area contributed by atoms with E-state index in [-0.39, 0.29) is 11.9 Å². The quantitative estimate of drug-likeness (QED) is 0.768. The van der Waals surface area contributed by atoms with Crippen LogP contribution < -0.4 is 5.32 Å². The van der Waals surface area contributed by atoms with Gasteiger partial charge in [0.2, 0.25) is 5.91 Å². The molecule has 0 bridgehead atoms. The molecule has 1 saturated heterocycles. The van der Waals surface area contributed by atoms with E-state index in [1.165, 1.54) is 4.90 Å². The normalized spacial score (nSPS) is 31.0. The SMILES string of the molecule is O=C(O)N1C(Cc2ccccc2)CNC(=O)C12CCC(O)CC2. The molecular weight excluding hydrogens is 296 g/mol. The van der Waals surface area contributed by atoms with Gasteiger partial charge in [-0.05, 0) is 37.7 Å². The van der Waals surface area contributed by atoms with Gasteiger partial charge < -0.3 is 15.5 Å². The lowest BCUT2D eigenvalue weighted by molar-refractivity contribution is -0.143. The molecule has 1 heterocycles. The van der Waals surface area contributed by atoms with Crippen LogP contribution in [0.3, 0.4) is 0 Å². The molecule has 2 amide bonds. The van der Waals surface area contributed by atoms with Gasteiger partial charge in [-0.2, -0.15) is 0 Å². The van der Waals surface area contributed by atoms with Gasteiger partial charge in [0.1, 0.15) is 5.54 Å². The largest absolute Gasteiger partial charge is 0.465 e. The van der Waals surface area contributed by atoms with Crippen LogP contribution in [0.4, 0.5) is 4.79 Å². The van der Waals surface area contributed by atoms with E-state index in [0.29, 0.717) is 38.6 Å². The smallest absolute Gasteiger partial charge is 0.408 e. The van der Waals surface area contributed by atoms with Crippen LogP contribution in [0.2, 0.25) is 0 Å². The zero-order chi connectivity index (χ0) is 16.4. The predicted molar refractivity (Wildman–Crippen MR) is 84.0 cm³/mol. The number of aliphatic hydroxyl groups excluding tert-OH is 1. The monoisotopic (exact) mass is 318 g/mol. The molecular formula is C17H22N2O4. The van der Waals surface area contributed by atoms with Crippen LogP contribution in [-0.2, 0) is 11.2 Å². The Labute approximate surface area is 135 Å². The van der Waals surface area contributed by atoms with Gasteiger partial charge in [-0.3, -0.25) is 9.69 Å². The number of carbonyl (C=O) groups excluding carboxylic acids is 1. The Kier molecular flexibility index (Phi) is 4.26. The molecule has 3 N–H and O–H groups in total. The van der Waals surface area contributed by atoms with E-state index in [1.807, 2.05) is 30.3 Å². The van der Waals surface area contributed by atoms with Crippen molar-refractivity contribution in [3.05, 3.63) is 35.9 Å². The number of benzene rings is 1. The minimum Gasteiger partial charge on any atom is -0.465 e. The third-order valence-corrected chi connectivity index (χ3v) is 5.05. The maximum Gasteiger partial charge on any atom is 0.408 e. The standard InChI is InChI=1S/C17H22N2O4/c20-14-6-8-17(9-7-14)15(21)18-11-13(19(17)16(22)23)10-12-4-2-1-3-5-12/h1-5,13-14,20H,6-11H2,(H,18,21)(H,22,23). The number of amides is 2. The number of carboxylic acid groups (broad SMARTS) is 1. The van der Waals surface area contributed by atoms with Crippen LogP contribution in [0.25, 0.3) is 0 Å². The first-order chi connectivity index (χ1) is 11.0. The second kappa shape index (κ2) is 6.20. The maximum absolute atomic E-state index is 12.5. The van der Waals surface area contributed by atoms with Gasteiger partial charge in [0, 0.05) is 6.54 Å². The van der Waals surface area contributed by atoms with Crippen molar-refractivity contribution in [3.63, 3.8) is 0 Å². The molecule has 23 heavy (non-hydrogen) atoms. The van der Waals surface area contributed by atoms with E-state index in [4.69, 9.17) is 0 Å². The molecule has 2 fully saturated rings. The Bertz CT molecular complexity index is 582. The van der Waals surface area contributed by atoms with Crippen LogP contribution in [0.5, 0.6) is 0 Å². The number of carbonyl (C=O) groups is 2. The van der Waals surface area contributed by atoms with E-state index < -0.39 is 17.7 Å². The van der Waals surface area contributed by atoms with Crippen LogP contribution in [0.15, 0.2) is 30.3 Å². The molecule has 1 atom stereocenters. The molecule has 1 spiro atoms. The maximum atomic E-state index is 12.5. The van der Waals surface area contributed by atoms with Crippen LogP contribution >= 0.6 is 0 Å². The third-order valence-electron chi connectivity index (χ3n) is 5.05. The highest BCUT2D eigenvalue weighted by Gasteiger charge is 2.53. The second-order valence-corrected chi connectivity index (χ2v) is 6.47. The molecule has 6 nitrogen and oxygen atoms in total.